The van der Waals surface area contributed by atoms with Crippen LogP contribution in [0.15, 0.2) is 6.07 Å². The third kappa shape index (κ3) is 4.07. The van der Waals surface area contributed by atoms with Gasteiger partial charge >= 0.3 is 0 Å². The summed E-state index contributed by atoms with van der Waals surface area (Å²) in [6.45, 7) is 9.64. The highest BCUT2D eigenvalue weighted by Gasteiger charge is 2.19. The van der Waals surface area contributed by atoms with Crippen LogP contribution in [-0.2, 0) is 0 Å². The number of anilines is 3. The molecular weight excluding hydrogens is 216 g/mol. The second-order valence-electron chi connectivity index (χ2n) is 5.29. The summed E-state index contributed by atoms with van der Waals surface area (Å²) in [6.07, 6.45) is 0. The molecule has 1 unspecified atom stereocenters. The molecule has 1 aromatic rings. The minimum atomic E-state index is 0.200. The maximum Gasteiger partial charge on any atom is 0.223 e. The number of aromatic nitrogens is 2. The first kappa shape index (κ1) is 13.5. The molecule has 0 saturated carbocycles. The molecule has 0 bridgehead atoms. The van der Waals surface area contributed by atoms with Gasteiger partial charge in [0.2, 0.25) is 5.95 Å². The van der Waals surface area contributed by atoms with Crippen molar-refractivity contribution in [2.45, 2.75) is 27.7 Å². The Balaban J connectivity index is 2.66. The summed E-state index contributed by atoms with van der Waals surface area (Å²) < 4.78 is 0. The zero-order chi connectivity index (χ0) is 13.1. The van der Waals surface area contributed by atoms with Crippen LogP contribution in [0.1, 0.15) is 27.7 Å². The molecule has 0 spiro atoms. The van der Waals surface area contributed by atoms with E-state index in [0.717, 1.165) is 6.54 Å². The standard InChI is InChI=1S/C11H22N6/c1-7(11(2,3)4)6-14-8-5-9(17-13)16-10(12)15-8/h5,7H,6,13H2,1-4H3,(H4,12,14,15,16,17). The Morgan fingerprint density at radius 2 is 1.88 bits per heavy atom. The first-order valence-electron chi connectivity index (χ1n) is 5.68. The van der Waals surface area contributed by atoms with Crippen molar-refractivity contribution < 1.29 is 0 Å². The third-order valence-electron chi connectivity index (χ3n) is 2.96. The SMILES string of the molecule is CC(CNc1cc(NN)nc(N)n1)C(C)(C)C. The Morgan fingerprint density at radius 3 is 2.41 bits per heavy atom. The van der Waals surface area contributed by atoms with Crippen LogP contribution in [0.5, 0.6) is 0 Å². The summed E-state index contributed by atoms with van der Waals surface area (Å²) in [4.78, 5) is 8.01. The molecule has 1 rings (SSSR count). The predicted octanol–water partition coefficient (Wildman–Crippen LogP) is 1.44. The summed E-state index contributed by atoms with van der Waals surface area (Å²) in [5.74, 6) is 7.18. The second-order valence-corrected chi connectivity index (χ2v) is 5.29. The van der Waals surface area contributed by atoms with E-state index in [1.54, 1.807) is 6.07 Å². The summed E-state index contributed by atoms with van der Waals surface area (Å²) in [5.41, 5.74) is 8.27. The van der Waals surface area contributed by atoms with Gasteiger partial charge in [-0.15, -0.1) is 0 Å². The van der Waals surface area contributed by atoms with Crippen LogP contribution in [0.3, 0.4) is 0 Å². The molecule has 17 heavy (non-hydrogen) atoms. The quantitative estimate of drug-likeness (QED) is 0.467. The lowest BCUT2D eigenvalue weighted by Gasteiger charge is -2.27. The molecule has 1 atom stereocenters. The van der Waals surface area contributed by atoms with E-state index >= 15 is 0 Å². The molecule has 0 aromatic carbocycles. The normalized spacial score (nSPS) is 13.2. The topological polar surface area (TPSA) is 102 Å². The minimum Gasteiger partial charge on any atom is -0.370 e. The minimum absolute atomic E-state index is 0.200. The van der Waals surface area contributed by atoms with Crippen molar-refractivity contribution in [3.05, 3.63) is 6.07 Å². The molecule has 96 valence electrons. The molecule has 1 heterocycles. The summed E-state index contributed by atoms with van der Waals surface area (Å²) >= 11 is 0. The van der Waals surface area contributed by atoms with Gasteiger partial charge in [0.1, 0.15) is 11.6 Å². The van der Waals surface area contributed by atoms with E-state index < -0.39 is 0 Å². The van der Waals surface area contributed by atoms with E-state index in [0.29, 0.717) is 17.6 Å². The molecule has 6 heteroatoms. The van der Waals surface area contributed by atoms with E-state index in [1.165, 1.54) is 0 Å². The Kier molecular flexibility index (Phi) is 4.11. The van der Waals surface area contributed by atoms with Gasteiger partial charge < -0.3 is 16.5 Å². The molecule has 0 radical (unpaired) electrons. The van der Waals surface area contributed by atoms with Gasteiger partial charge in [-0.1, -0.05) is 27.7 Å². The highest BCUT2D eigenvalue weighted by atomic mass is 15.3. The van der Waals surface area contributed by atoms with Crippen LogP contribution in [0.25, 0.3) is 0 Å². The van der Waals surface area contributed by atoms with E-state index in [1.807, 2.05) is 0 Å². The summed E-state index contributed by atoms with van der Waals surface area (Å²) in [6, 6.07) is 1.73. The van der Waals surface area contributed by atoms with E-state index in [2.05, 4.69) is 48.4 Å². The van der Waals surface area contributed by atoms with Gasteiger partial charge in [0, 0.05) is 12.6 Å². The van der Waals surface area contributed by atoms with E-state index in [9.17, 15) is 0 Å². The number of nitrogens with two attached hydrogens (primary N) is 2. The Labute approximate surface area is 102 Å². The smallest absolute Gasteiger partial charge is 0.223 e. The number of hydrazine groups is 1. The number of nitrogens with one attached hydrogen (secondary N) is 2. The molecular formula is C11H22N6. The van der Waals surface area contributed by atoms with Crippen LogP contribution in [-0.4, -0.2) is 16.5 Å². The van der Waals surface area contributed by atoms with Crippen molar-refractivity contribution in [1.29, 1.82) is 0 Å². The van der Waals surface area contributed by atoms with Gasteiger partial charge in [0.15, 0.2) is 0 Å². The monoisotopic (exact) mass is 238 g/mol. The average Bonchev–Trinajstić information content (AvgIpc) is 2.23. The Morgan fingerprint density at radius 1 is 1.29 bits per heavy atom. The zero-order valence-electron chi connectivity index (χ0n) is 10.9. The van der Waals surface area contributed by atoms with Crippen LogP contribution in [0.2, 0.25) is 0 Å². The van der Waals surface area contributed by atoms with Crippen molar-refractivity contribution >= 4 is 17.6 Å². The molecule has 0 saturated heterocycles. The lowest BCUT2D eigenvalue weighted by Crippen LogP contribution is -2.25. The first-order chi connectivity index (χ1) is 7.82. The van der Waals surface area contributed by atoms with Crippen molar-refractivity contribution in [1.82, 2.24) is 9.97 Å². The van der Waals surface area contributed by atoms with Crippen molar-refractivity contribution in [3.63, 3.8) is 0 Å². The van der Waals surface area contributed by atoms with E-state index in [4.69, 9.17) is 11.6 Å². The van der Waals surface area contributed by atoms with Crippen LogP contribution in [0.4, 0.5) is 17.6 Å². The maximum absolute atomic E-state index is 5.57. The lowest BCUT2D eigenvalue weighted by molar-refractivity contribution is 0.274. The van der Waals surface area contributed by atoms with Gasteiger partial charge in [0.25, 0.3) is 0 Å². The molecule has 6 N–H and O–H groups in total. The van der Waals surface area contributed by atoms with E-state index in [-0.39, 0.29) is 11.4 Å². The van der Waals surface area contributed by atoms with Gasteiger partial charge in [-0.3, -0.25) is 0 Å². The number of hydrogen-bond acceptors (Lipinski definition) is 6. The summed E-state index contributed by atoms with van der Waals surface area (Å²) in [5, 5.41) is 3.24. The van der Waals surface area contributed by atoms with Gasteiger partial charge in [-0.2, -0.15) is 9.97 Å². The molecule has 0 fully saturated rings. The van der Waals surface area contributed by atoms with Crippen LogP contribution >= 0.6 is 0 Å². The number of nitrogen functional groups attached to an aromatic ring is 2. The van der Waals surface area contributed by atoms with Crippen LogP contribution in [0, 0.1) is 11.3 Å². The molecule has 6 nitrogen and oxygen atoms in total. The van der Waals surface area contributed by atoms with Gasteiger partial charge in [-0.05, 0) is 11.3 Å². The molecule has 0 aliphatic carbocycles. The van der Waals surface area contributed by atoms with Gasteiger partial charge in [0.05, 0.1) is 0 Å². The largest absolute Gasteiger partial charge is 0.370 e. The van der Waals surface area contributed by atoms with Crippen molar-refractivity contribution in [2.75, 3.05) is 23.0 Å². The maximum atomic E-state index is 5.57. The number of nitrogens with zero attached hydrogens (tertiary/aromatic N) is 2. The van der Waals surface area contributed by atoms with Crippen molar-refractivity contribution in [2.24, 2.45) is 17.2 Å². The molecule has 0 aliphatic rings. The predicted molar refractivity (Wildman–Crippen MR) is 71.4 cm³/mol. The number of rotatable bonds is 4. The van der Waals surface area contributed by atoms with Crippen molar-refractivity contribution in [3.8, 4) is 0 Å². The lowest BCUT2D eigenvalue weighted by atomic mass is 9.82. The van der Waals surface area contributed by atoms with Crippen LogP contribution < -0.4 is 22.3 Å². The molecule has 0 amide bonds. The highest BCUT2D eigenvalue weighted by molar-refractivity contribution is 5.50. The van der Waals surface area contributed by atoms with Gasteiger partial charge in [-0.25, -0.2) is 5.84 Å². The Bertz CT molecular complexity index is 371. The fraction of sp³-hybridized carbons (Fsp3) is 0.636. The third-order valence-corrected chi connectivity index (χ3v) is 2.96. The zero-order valence-corrected chi connectivity index (χ0v) is 10.9. The molecule has 0 aliphatic heterocycles. The summed E-state index contributed by atoms with van der Waals surface area (Å²) in [7, 11) is 0. The number of hydrogen-bond donors (Lipinski definition) is 4. The Hall–Kier alpha value is -1.56. The average molecular weight is 238 g/mol. The fourth-order valence-corrected chi connectivity index (χ4v) is 1.19. The highest BCUT2D eigenvalue weighted by Crippen LogP contribution is 2.25. The molecule has 1 aromatic heterocycles. The second kappa shape index (κ2) is 5.18. The fourth-order valence-electron chi connectivity index (χ4n) is 1.19. The first-order valence-corrected chi connectivity index (χ1v) is 5.68.